The fourth-order valence-corrected chi connectivity index (χ4v) is 3.37. The number of rotatable bonds is 5. The maximum atomic E-state index is 12.5. The highest BCUT2D eigenvalue weighted by atomic mass is 35.5. The van der Waals surface area contributed by atoms with E-state index in [-0.39, 0.29) is 18.3 Å². The molecule has 3 nitrogen and oxygen atoms in total. The van der Waals surface area contributed by atoms with E-state index in [1.54, 1.807) is 6.07 Å². The van der Waals surface area contributed by atoms with Crippen LogP contribution in [0.2, 0.25) is 5.02 Å². The van der Waals surface area contributed by atoms with Gasteiger partial charge in [0.2, 0.25) is 0 Å². The number of benzene rings is 2. The first-order valence-electron chi connectivity index (χ1n) is 8.58. The zero-order chi connectivity index (χ0) is 16.8. The van der Waals surface area contributed by atoms with Crippen LogP contribution in [0, 0.1) is 5.92 Å². The van der Waals surface area contributed by atoms with Crippen molar-refractivity contribution in [1.82, 2.24) is 10.6 Å². The number of piperidine rings is 1. The highest BCUT2D eigenvalue weighted by molar-refractivity contribution is 6.34. The van der Waals surface area contributed by atoms with Gasteiger partial charge in [0, 0.05) is 6.54 Å². The highest BCUT2D eigenvalue weighted by Crippen LogP contribution is 2.25. The van der Waals surface area contributed by atoms with Gasteiger partial charge in [-0.05, 0) is 61.5 Å². The zero-order valence-electron chi connectivity index (χ0n) is 14.1. The Balaban J connectivity index is 0.00000225. The Kier molecular flexibility index (Phi) is 7.76. The topological polar surface area (TPSA) is 41.1 Å². The normalized spacial score (nSPS) is 16.8. The molecule has 3 rings (SSSR count). The molecule has 0 aromatic heterocycles. The summed E-state index contributed by atoms with van der Waals surface area (Å²) in [6.45, 7) is 2.86. The van der Waals surface area contributed by atoms with Crippen molar-refractivity contribution in [3.05, 3.63) is 59.1 Å². The molecule has 1 aliphatic heterocycles. The molecule has 1 atom stereocenters. The smallest absolute Gasteiger partial charge is 0.252 e. The van der Waals surface area contributed by atoms with Crippen molar-refractivity contribution in [3.8, 4) is 11.1 Å². The lowest BCUT2D eigenvalue weighted by molar-refractivity contribution is 0.0951. The van der Waals surface area contributed by atoms with E-state index in [1.165, 1.54) is 12.8 Å². The second kappa shape index (κ2) is 9.81. The van der Waals surface area contributed by atoms with Gasteiger partial charge in [-0.2, -0.15) is 0 Å². The molecule has 2 aromatic carbocycles. The van der Waals surface area contributed by atoms with Crippen LogP contribution in [-0.2, 0) is 0 Å². The second-order valence-electron chi connectivity index (χ2n) is 6.32. The van der Waals surface area contributed by atoms with Crippen LogP contribution in [0.15, 0.2) is 48.5 Å². The van der Waals surface area contributed by atoms with Crippen molar-refractivity contribution in [2.75, 3.05) is 19.6 Å². The van der Waals surface area contributed by atoms with Crippen LogP contribution in [0.5, 0.6) is 0 Å². The molecule has 1 amide bonds. The molecule has 0 aliphatic carbocycles. The van der Waals surface area contributed by atoms with E-state index in [9.17, 15) is 4.79 Å². The van der Waals surface area contributed by atoms with Gasteiger partial charge in [-0.3, -0.25) is 4.79 Å². The number of halogens is 2. The van der Waals surface area contributed by atoms with Crippen molar-refractivity contribution in [2.45, 2.75) is 19.3 Å². The predicted molar refractivity (Wildman–Crippen MR) is 107 cm³/mol. The summed E-state index contributed by atoms with van der Waals surface area (Å²) in [5.41, 5.74) is 2.62. The standard InChI is InChI=1S/C20H23ClN2O.ClH/c21-19-9-8-17(16-6-2-1-3-7-16)13-18(19)20(24)23-12-10-15-5-4-11-22-14-15;/h1-3,6-9,13,15,22H,4-5,10-12,14H2,(H,23,24);1H. The van der Waals surface area contributed by atoms with E-state index in [4.69, 9.17) is 11.6 Å². The number of nitrogens with one attached hydrogen (secondary N) is 2. The molecule has 2 N–H and O–H groups in total. The van der Waals surface area contributed by atoms with Crippen LogP contribution in [0.25, 0.3) is 11.1 Å². The van der Waals surface area contributed by atoms with Gasteiger partial charge in [-0.1, -0.05) is 48.0 Å². The summed E-state index contributed by atoms with van der Waals surface area (Å²) < 4.78 is 0. The fourth-order valence-electron chi connectivity index (χ4n) is 3.16. The Bertz CT molecular complexity index is 685. The first-order valence-corrected chi connectivity index (χ1v) is 8.96. The Morgan fingerprint density at radius 2 is 1.96 bits per heavy atom. The lowest BCUT2D eigenvalue weighted by Crippen LogP contribution is -2.33. The van der Waals surface area contributed by atoms with Crippen LogP contribution in [0.3, 0.4) is 0 Å². The number of carbonyl (C=O) groups excluding carboxylic acids is 1. The third-order valence-electron chi connectivity index (χ3n) is 4.56. The molecule has 1 unspecified atom stereocenters. The molecule has 134 valence electrons. The first kappa shape index (κ1) is 19.8. The summed E-state index contributed by atoms with van der Waals surface area (Å²) in [6, 6.07) is 15.6. The summed E-state index contributed by atoms with van der Waals surface area (Å²) >= 11 is 6.24. The maximum Gasteiger partial charge on any atom is 0.252 e. The van der Waals surface area contributed by atoms with Crippen LogP contribution >= 0.6 is 24.0 Å². The minimum Gasteiger partial charge on any atom is -0.352 e. The Hall–Kier alpha value is -1.55. The van der Waals surface area contributed by atoms with E-state index >= 15 is 0 Å². The summed E-state index contributed by atoms with van der Waals surface area (Å²) in [4.78, 5) is 12.5. The van der Waals surface area contributed by atoms with Gasteiger partial charge in [-0.15, -0.1) is 12.4 Å². The van der Waals surface area contributed by atoms with Crippen molar-refractivity contribution < 1.29 is 4.79 Å². The minimum atomic E-state index is -0.0958. The number of amides is 1. The predicted octanol–water partition coefficient (Wildman–Crippen LogP) is 4.55. The Morgan fingerprint density at radius 3 is 2.68 bits per heavy atom. The van der Waals surface area contributed by atoms with E-state index in [1.807, 2.05) is 42.5 Å². The fraction of sp³-hybridized carbons (Fsp3) is 0.350. The first-order chi connectivity index (χ1) is 11.7. The Labute approximate surface area is 160 Å². The third kappa shape index (κ3) is 5.46. The van der Waals surface area contributed by atoms with Crippen molar-refractivity contribution in [3.63, 3.8) is 0 Å². The van der Waals surface area contributed by atoms with Gasteiger partial charge in [0.15, 0.2) is 0 Å². The summed E-state index contributed by atoms with van der Waals surface area (Å²) in [5.74, 6) is 0.562. The van der Waals surface area contributed by atoms with Crippen LogP contribution in [-0.4, -0.2) is 25.5 Å². The summed E-state index contributed by atoms with van der Waals surface area (Å²) in [7, 11) is 0. The molecule has 1 saturated heterocycles. The van der Waals surface area contributed by atoms with E-state index in [0.717, 1.165) is 30.6 Å². The molecule has 5 heteroatoms. The van der Waals surface area contributed by atoms with E-state index < -0.39 is 0 Å². The molecule has 2 aromatic rings. The Morgan fingerprint density at radius 1 is 1.16 bits per heavy atom. The van der Waals surface area contributed by atoms with Crippen LogP contribution in [0.4, 0.5) is 0 Å². The van der Waals surface area contributed by atoms with E-state index in [2.05, 4.69) is 10.6 Å². The minimum absolute atomic E-state index is 0. The third-order valence-corrected chi connectivity index (χ3v) is 4.88. The van der Waals surface area contributed by atoms with Gasteiger partial charge >= 0.3 is 0 Å². The van der Waals surface area contributed by atoms with Gasteiger partial charge in [0.25, 0.3) is 5.91 Å². The maximum absolute atomic E-state index is 12.5. The molecule has 0 saturated carbocycles. The second-order valence-corrected chi connectivity index (χ2v) is 6.72. The average molecular weight is 379 g/mol. The highest BCUT2D eigenvalue weighted by Gasteiger charge is 2.15. The molecule has 25 heavy (non-hydrogen) atoms. The largest absolute Gasteiger partial charge is 0.352 e. The zero-order valence-corrected chi connectivity index (χ0v) is 15.7. The molecule has 0 bridgehead atoms. The molecular weight excluding hydrogens is 355 g/mol. The van der Waals surface area contributed by atoms with Crippen molar-refractivity contribution >= 4 is 29.9 Å². The van der Waals surface area contributed by atoms with Crippen LogP contribution in [0.1, 0.15) is 29.6 Å². The molecular formula is C20H24Cl2N2O. The summed E-state index contributed by atoms with van der Waals surface area (Å²) in [5, 5.41) is 6.91. The molecule has 0 radical (unpaired) electrons. The number of carbonyl (C=O) groups is 1. The van der Waals surface area contributed by atoms with Gasteiger partial charge in [0.1, 0.15) is 0 Å². The molecule has 1 aliphatic rings. The molecule has 1 fully saturated rings. The average Bonchev–Trinajstić information content (AvgIpc) is 2.63. The number of hydrogen-bond donors (Lipinski definition) is 2. The molecule has 1 heterocycles. The van der Waals surface area contributed by atoms with Crippen LogP contribution < -0.4 is 10.6 Å². The lowest BCUT2D eigenvalue weighted by Gasteiger charge is -2.22. The van der Waals surface area contributed by atoms with E-state index in [0.29, 0.717) is 23.0 Å². The summed E-state index contributed by atoms with van der Waals surface area (Å²) in [6.07, 6.45) is 3.48. The van der Waals surface area contributed by atoms with Gasteiger partial charge in [0.05, 0.1) is 10.6 Å². The molecule has 0 spiro atoms. The lowest BCUT2D eigenvalue weighted by atomic mass is 9.96. The monoisotopic (exact) mass is 378 g/mol. The van der Waals surface area contributed by atoms with Gasteiger partial charge in [-0.25, -0.2) is 0 Å². The SMILES string of the molecule is Cl.O=C(NCCC1CCCNC1)c1cc(-c2ccccc2)ccc1Cl. The quantitative estimate of drug-likeness (QED) is 0.800. The van der Waals surface area contributed by atoms with Crippen molar-refractivity contribution in [2.24, 2.45) is 5.92 Å². The van der Waals surface area contributed by atoms with Crippen molar-refractivity contribution in [1.29, 1.82) is 0 Å². The van der Waals surface area contributed by atoms with Gasteiger partial charge < -0.3 is 10.6 Å². The number of hydrogen-bond acceptors (Lipinski definition) is 2.